The van der Waals surface area contributed by atoms with Crippen LogP contribution in [0.2, 0.25) is 0 Å². The van der Waals surface area contributed by atoms with Gasteiger partial charge in [-0.15, -0.1) is 0 Å². The summed E-state index contributed by atoms with van der Waals surface area (Å²) in [5.41, 5.74) is 0. The van der Waals surface area contributed by atoms with Crippen LogP contribution in [0, 0.1) is 5.92 Å². The summed E-state index contributed by atoms with van der Waals surface area (Å²) in [7, 11) is -0.799. The Labute approximate surface area is 99.3 Å². The van der Waals surface area contributed by atoms with Crippen LogP contribution in [0.15, 0.2) is 0 Å². The summed E-state index contributed by atoms with van der Waals surface area (Å²) >= 11 is 0. The van der Waals surface area contributed by atoms with E-state index in [-0.39, 0.29) is 0 Å². The van der Waals surface area contributed by atoms with Crippen molar-refractivity contribution in [1.82, 2.24) is 10.2 Å². The minimum absolute atomic E-state index is 0.320. The largest absolute Gasteiger partial charge is 0.319 e. The zero-order valence-corrected chi connectivity index (χ0v) is 11.2. The predicted molar refractivity (Wildman–Crippen MR) is 67.4 cm³/mol. The van der Waals surface area contributed by atoms with E-state index < -0.39 is 9.84 Å². The van der Waals surface area contributed by atoms with Gasteiger partial charge in [-0.3, -0.25) is 0 Å². The molecule has 1 aliphatic rings. The number of rotatable bonds is 6. The molecule has 16 heavy (non-hydrogen) atoms. The van der Waals surface area contributed by atoms with Gasteiger partial charge in [0.25, 0.3) is 0 Å². The van der Waals surface area contributed by atoms with Crippen molar-refractivity contribution in [2.24, 2.45) is 5.92 Å². The molecule has 0 bridgehead atoms. The zero-order chi connectivity index (χ0) is 12.0. The maximum atomic E-state index is 11.0. The van der Waals surface area contributed by atoms with Crippen molar-refractivity contribution in [3.8, 4) is 0 Å². The van der Waals surface area contributed by atoms with E-state index in [1.807, 2.05) is 7.05 Å². The van der Waals surface area contributed by atoms with Crippen LogP contribution in [-0.4, -0.2) is 58.6 Å². The Hall–Kier alpha value is -0.130. The average molecular weight is 248 g/mol. The summed E-state index contributed by atoms with van der Waals surface area (Å²) in [6, 6.07) is 0. The van der Waals surface area contributed by atoms with Gasteiger partial charge in [0.15, 0.2) is 0 Å². The fourth-order valence-electron chi connectivity index (χ4n) is 2.36. The third-order valence-electron chi connectivity index (χ3n) is 3.09. The molecule has 1 unspecified atom stereocenters. The number of piperidine rings is 1. The summed E-state index contributed by atoms with van der Waals surface area (Å²) in [6.45, 7) is 4.24. The van der Waals surface area contributed by atoms with Crippen molar-refractivity contribution in [1.29, 1.82) is 0 Å². The van der Waals surface area contributed by atoms with Crippen LogP contribution in [0.5, 0.6) is 0 Å². The molecule has 1 N–H and O–H groups in total. The first-order valence-corrected chi connectivity index (χ1v) is 8.12. The SMILES string of the molecule is CNCC1CCCN(CCCS(C)(=O)=O)C1. The average Bonchev–Trinajstić information content (AvgIpc) is 2.17. The predicted octanol–water partition coefficient (Wildman–Crippen LogP) is 0.353. The summed E-state index contributed by atoms with van der Waals surface area (Å²) in [4.78, 5) is 2.40. The second-order valence-electron chi connectivity index (χ2n) is 4.85. The van der Waals surface area contributed by atoms with Crippen molar-refractivity contribution < 1.29 is 8.42 Å². The van der Waals surface area contributed by atoms with Gasteiger partial charge in [0.2, 0.25) is 0 Å². The van der Waals surface area contributed by atoms with E-state index in [9.17, 15) is 8.42 Å². The van der Waals surface area contributed by atoms with Gasteiger partial charge in [0, 0.05) is 12.8 Å². The molecule has 1 heterocycles. The van der Waals surface area contributed by atoms with Gasteiger partial charge >= 0.3 is 0 Å². The smallest absolute Gasteiger partial charge is 0.147 e. The van der Waals surface area contributed by atoms with Crippen LogP contribution in [-0.2, 0) is 9.84 Å². The van der Waals surface area contributed by atoms with Crippen molar-refractivity contribution in [2.75, 3.05) is 45.2 Å². The molecule has 0 spiro atoms. The second kappa shape index (κ2) is 6.57. The van der Waals surface area contributed by atoms with E-state index in [4.69, 9.17) is 0 Å². The molecular weight excluding hydrogens is 224 g/mol. The lowest BCUT2D eigenvalue weighted by molar-refractivity contribution is 0.174. The maximum absolute atomic E-state index is 11.0. The Morgan fingerprint density at radius 2 is 2.19 bits per heavy atom. The molecule has 4 nitrogen and oxygen atoms in total. The van der Waals surface area contributed by atoms with Crippen molar-refractivity contribution in [3.05, 3.63) is 0 Å². The van der Waals surface area contributed by atoms with Crippen LogP contribution in [0.4, 0.5) is 0 Å². The Kier molecular flexibility index (Phi) is 5.72. The first-order valence-electron chi connectivity index (χ1n) is 6.06. The standard InChI is InChI=1S/C11H24N2O2S/c1-12-9-11-5-3-6-13(10-11)7-4-8-16(2,14)15/h11-12H,3-10H2,1-2H3. The monoisotopic (exact) mass is 248 g/mol. The lowest BCUT2D eigenvalue weighted by Gasteiger charge is -2.32. The normalized spacial score (nSPS) is 23.5. The highest BCUT2D eigenvalue weighted by Crippen LogP contribution is 2.15. The van der Waals surface area contributed by atoms with E-state index in [0.717, 1.165) is 38.5 Å². The van der Waals surface area contributed by atoms with Crippen LogP contribution in [0.25, 0.3) is 0 Å². The van der Waals surface area contributed by atoms with Crippen LogP contribution >= 0.6 is 0 Å². The highest BCUT2D eigenvalue weighted by molar-refractivity contribution is 7.90. The lowest BCUT2D eigenvalue weighted by Crippen LogP contribution is -2.39. The zero-order valence-electron chi connectivity index (χ0n) is 10.4. The van der Waals surface area contributed by atoms with Gasteiger partial charge in [-0.25, -0.2) is 8.42 Å². The molecular formula is C11H24N2O2S. The molecule has 0 aromatic rings. The molecule has 0 amide bonds. The van der Waals surface area contributed by atoms with Crippen molar-refractivity contribution >= 4 is 9.84 Å². The molecule has 1 aliphatic heterocycles. The van der Waals surface area contributed by atoms with Crippen LogP contribution in [0.3, 0.4) is 0 Å². The lowest BCUT2D eigenvalue weighted by atomic mass is 9.98. The minimum Gasteiger partial charge on any atom is -0.319 e. The highest BCUT2D eigenvalue weighted by atomic mass is 32.2. The molecule has 0 radical (unpaired) electrons. The number of likely N-dealkylation sites (tertiary alicyclic amines) is 1. The third-order valence-corrected chi connectivity index (χ3v) is 4.12. The third kappa shape index (κ3) is 5.82. The minimum atomic E-state index is -2.79. The quantitative estimate of drug-likeness (QED) is 0.737. The molecule has 1 fully saturated rings. The number of hydrogen-bond acceptors (Lipinski definition) is 4. The van der Waals surface area contributed by atoms with Crippen LogP contribution in [0.1, 0.15) is 19.3 Å². The Morgan fingerprint density at radius 3 is 2.81 bits per heavy atom. The van der Waals surface area contributed by atoms with E-state index in [2.05, 4.69) is 10.2 Å². The first-order chi connectivity index (χ1) is 7.51. The van der Waals surface area contributed by atoms with E-state index in [1.54, 1.807) is 0 Å². The van der Waals surface area contributed by atoms with Gasteiger partial charge in [-0.2, -0.15) is 0 Å². The maximum Gasteiger partial charge on any atom is 0.147 e. The Morgan fingerprint density at radius 1 is 1.44 bits per heavy atom. The van der Waals surface area contributed by atoms with E-state index in [0.29, 0.717) is 5.75 Å². The summed E-state index contributed by atoms with van der Waals surface area (Å²) < 4.78 is 22.0. The van der Waals surface area contributed by atoms with Gasteiger partial charge in [-0.05, 0) is 51.9 Å². The fraction of sp³-hybridized carbons (Fsp3) is 1.00. The molecule has 96 valence electrons. The molecule has 1 saturated heterocycles. The summed E-state index contributed by atoms with van der Waals surface area (Å²) in [5, 5.41) is 3.22. The number of sulfone groups is 1. The Balaban J connectivity index is 2.21. The van der Waals surface area contributed by atoms with E-state index >= 15 is 0 Å². The van der Waals surface area contributed by atoms with Crippen molar-refractivity contribution in [2.45, 2.75) is 19.3 Å². The summed E-state index contributed by atoms with van der Waals surface area (Å²) in [6.07, 6.45) is 4.62. The van der Waals surface area contributed by atoms with Gasteiger partial charge in [-0.1, -0.05) is 0 Å². The molecule has 0 aromatic carbocycles. The molecule has 1 atom stereocenters. The topological polar surface area (TPSA) is 49.4 Å². The van der Waals surface area contributed by atoms with Gasteiger partial charge in [0.1, 0.15) is 9.84 Å². The first kappa shape index (κ1) is 13.9. The molecule has 0 aliphatic carbocycles. The van der Waals surface area contributed by atoms with Crippen molar-refractivity contribution in [3.63, 3.8) is 0 Å². The second-order valence-corrected chi connectivity index (χ2v) is 7.11. The molecule has 5 heteroatoms. The summed E-state index contributed by atoms with van der Waals surface area (Å²) in [5.74, 6) is 1.05. The molecule has 1 rings (SSSR count). The molecule has 0 aromatic heterocycles. The van der Waals surface area contributed by atoms with Gasteiger partial charge in [0.05, 0.1) is 5.75 Å². The van der Waals surface area contributed by atoms with Crippen LogP contribution < -0.4 is 5.32 Å². The number of nitrogens with zero attached hydrogens (tertiary/aromatic N) is 1. The van der Waals surface area contributed by atoms with Gasteiger partial charge < -0.3 is 10.2 Å². The Bertz CT molecular complexity index is 288. The number of nitrogens with one attached hydrogen (secondary N) is 1. The fourth-order valence-corrected chi connectivity index (χ4v) is 3.01. The molecule has 0 saturated carbocycles. The van der Waals surface area contributed by atoms with E-state index in [1.165, 1.54) is 19.1 Å². The number of hydrogen-bond donors (Lipinski definition) is 1. The highest BCUT2D eigenvalue weighted by Gasteiger charge is 2.18.